The van der Waals surface area contributed by atoms with Gasteiger partial charge in [0.2, 0.25) is 0 Å². The number of carboxylic acids is 1. The quantitative estimate of drug-likeness (QED) is 0.866. The Hall–Kier alpha value is -1.75. The van der Waals surface area contributed by atoms with Crippen molar-refractivity contribution in [2.75, 3.05) is 27.3 Å². The zero-order chi connectivity index (χ0) is 14.5. The molecule has 1 aliphatic heterocycles. The normalized spacial score (nSPS) is 16.9. The summed E-state index contributed by atoms with van der Waals surface area (Å²) in [4.78, 5) is 13.4. The van der Waals surface area contributed by atoms with Crippen LogP contribution in [0, 0.1) is 0 Å². The van der Waals surface area contributed by atoms with Crippen molar-refractivity contribution < 1.29 is 19.4 Å². The molecule has 0 saturated carbocycles. The average Bonchev–Trinajstić information content (AvgIpc) is 2.97. The van der Waals surface area contributed by atoms with Gasteiger partial charge in [0.15, 0.2) is 0 Å². The van der Waals surface area contributed by atoms with Gasteiger partial charge >= 0.3 is 5.97 Å². The highest BCUT2D eigenvalue weighted by Gasteiger charge is 2.28. The fourth-order valence-corrected chi connectivity index (χ4v) is 2.75. The SMILES string of the molecule is COc1ccc(OC)c(C(CC(=O)O)N2CCCC2)c1. The molecule has 0 aliphatic carbocycles. The van der Waals surface area contributed by atoms with Crippen LogP contribution in [0.2, 0.25) is 0 Å². The lowest BCUT2D eigenvalue weighted by molar-refractivity contribution is -0.138. The third-order valence-electron chi connectivity index (χ3n) is 3.75. The van der Waals surface area contributed by atoms with Gasteiger partial charge in [0, 0.05) is 11.6 Å². The highest BCUT2D eigenvalue weighted by atomic mass is 16.5. The molecular weight excluding hydrogens is 258 g/mol. The van der Waals surface area contributed by atoms with Crippen LogP contribution in [0.1, 0.15) is 30.9 Å². The maximum atomic E-state index is 11.2. The summed E-state index contributed by atoms with van der Waals surface area (Å²) in [5.41, 5.74) is 0.885. The molecule has 1 aromatic carbocycles. The highest BCUT2D eigenvalue weighted by molar-refractivity contribution is 5.68. The van der Waals surface area contributed by atoms with E-state index >= 15 is 0 Å². The molecular formula is C15H21NO4. The summed E-state index contributed by atoms with van der Waals surface area (Å²) in [7, 11) is 3.21. The van der Waals surface area contributed by atoms with Crippen LogP contribution in [0.15, 0.2) is 18.2 Å². The molecule has 20 heavy (non-hydrogen) atoms. The summed E-state index contributed by atoms with van der Waals surface area (Å²) in [6, 6.07) is 5.37. The number of carboxylic acid groups (broad SMARTS) is 1. The zero-order valence-corrected chi connectivity index (χ0v) is 12.0. The fourth-order valence-electron chi connectivity index (χ4n) is 2.75. The number of methoxy groups -OCH3 is 2. The number of nitrogens with zero attached hydrogens (tertiary/aromatic N) is 1. The zero-order valence-electron chi connectivity index (χ0n) is 12.0. The predicted molar refractivity (Wildman–Crippen MR) is 75.3 cm³/mol. The van der Waals surface area contributed by atoms with E-state index in [1.807, 2.05) is 18.2 Å². The molecule has 110 valence electrons. The van der Waals surface area contributed by atoms with Crippen LogP contribution >= 0.6 is 0 Å². The van der Waals surface area contributed by atoms with Crippen molar-refractivity contribution >= 4 is 5.97 Å². The number of carbonyl (C=O) groups is 1. The Morgan fingerprint density at radius 1 is 1.30 bits per heavy atom. The number of ether oxygens (including phenoxy) is 2. The molecule has 1 heterocycles. The molecule has 0 spiro atoms. The molecule has 1 fully saturated rings. The van der Waals surface area contributed by atoms with E-state index in [4.69, 9.17) is 9.47 Å². The van der Waals surface area contributed by atoms with Crippen molar-refractivity contribution in [3.63, 3.8) is 0 Å². The van der Waals surface area contributed by atoms with Gasteiger partial charge in [-0.25, -0.2) is 0 Å². The van der Waals surface area contributed by atoms with E-state index in [2.05, 4.69) is 4.90 Å². The predicted octanol–water partition coefficient (Wildman–Crippen LogP) is 2.32. The van der Waals surface area contributed by atoms with Gasteiger partial charge < -0.3 is 14.6 Å². The summed E-state index contributed by atoms with van der Waals surface area (Å²) < 4.78 is 10.6. The van der Waals surface area contributed by atoms with Gasteiger partial charge in [0.1, 0.15) is 11.5 Å². The van der Waals surface area contributed by atoms with Gasteiger partial charge in [0.05, 0.1) is 20.6 Å². The molecule has 1 aliphatic rings. The Morgan fingerprint density at radius 3 is 2.55 bits per heavy atom. The lowest BCUT2D eigenvalue weighted by Gasteiger charge is -2.28. The Balaban J connectivity index is 2.37. The minimum absolute atomic E-state index is 0.0729. The van der Waals surface area contributed by atoms with Crippen LogP contribution < -0.4 is 9.47 Å². The van der Waals surface area contributed by atoms with Crippen molar-refractivity contribution in [3.8, 4) is 11.5 Å². The molecule has 2 rings (SSSR count). The largest absolute Gasteiger partial charge is 0.497 e. The summed E-state index contributed by atoms with van der Waals surface area (Å²) in [6.45, 7) is 1.86. The van der Waals surface area contributed by atoms with Crippen molar-refractivity contribution in [2.45, 2.75) is 25.3 Å². The molecule has 5 nitrogen and oxygen atoms in total. The van der Waals surface area contributed by atoms with Crippen LogP contribution in [0.5, 0.6) is 11.5 Å². The van der Waals surface area contributed by atoms with E-state index in [0.717, 1.165) is 37.2 Å². The van der Waals surface area contributed by atoms with Crippen molar-refractivity contribution in [2.24, 2.45) is 0 Å². The van der Waals surface area contributed by atoms with E-state index in [1.165, 1.54) is 0 Å². The first-order valence-electron chi connectivity index (χ1n) is 6.83. The second kappa shape index (κ2) is 6.61. The Labute approximate surface area is 119 Å². The molecule has 1 atom stereocenters. The molecule has 0 aromatic heterocycles. The van der Waals surface area contributed by atoms with Gasteiger partial charge in [-0.2, -0.15) is 0 Å². The van der Waals surface area contributed by atoms with Crippen LogP contribution in [0.25, 0.3) is 0 Å². The summed E-state index contributed by atoms with van der Waals surface area (Å²) in [5.74, 6) is 0.631. The standard InChI is InChI=1S/C15H21NO4/c1-19-11-5-6-14(20-2)12(9-11)13(10-15(17)18)16-7-3-4-8-16/h5-6,9,13H,3-4,7-8,10H2,1-2H3,(H,17,18). The van der Waals surface area contributed by atoms with E-state index < -0.39 is 5.97 Å². The maximum absolute atomic E-state index is 11.2. The maximum Gasteiger partial charge on any atom is 0.305 e. The number of benzene rings is 1. The lowest BCUT2D eigenvalue weighted by Crippen LogP contribution is -2.28. The number of likely N-dealkylation sites (tertiary alicyclic amines) is 1. The van der Waals surface area contributed by atoms with E-state index in [9.17, 15) is 9.90 Å². The highest BCUT2D eigenvalue weighted by Crippen LogP contribution is 2.36. The fraction of sp³-hybridized carbons (Fsp3) is 0.533. The molecule has 0 amide bonds. The lowest BCUT2D eigenvalue weighted by atomic mass is 10.0. The Bertz CT molecular complexity index is 469. The molecule has 1 aromatic rings. The van der Waals surface area contributed by atoms with Gasteiger partial charge in [0.25, 0.3) is 0 Å². The third kappa shape index (κ3) is 3.22. The summed E-state index contributed by atoms with van der Waals surface area (Å²) in [5, 5.41) is 9.20. The first kappa shape index (κ1) is 14.7. The molecule has 1 saturated heterocycles. The Kier molecular flexibility index (Phi) is 4.84. The van der Waals surface area contributed by atoms with Crippen LogP contribution in [-0.2, 0) is 4.79 Å². The molecule has 0 bridgehead atoms. The molecule has 1 N–H and O–H groups in total. The summed E-state index contributed by atoms with van der Waals surface area (Å²) in [6.07, 6.45) is 2.30. The second-order valence-electron chi connectivity index (χ2n) is 4.96. The van der Waals surface area contributed by atoms with Crippen molar-refractivity contribution in [3.05, 3.63) is 23.8 Å². The van der Waals surface area contributed by atoms with Gasteiger partial charge in [-0.1, -0.05) is 0 Å². The minimum Gasteiger partial charge on any atom is -0.497 e. The smallest absolute Gasteiger partial charge is 0.305 e. The van der Waals surface area contributed by atoms with E-state index in [0.29, 0.717) is 5.75 Å². The Morgan fingerprint density at radius 2 is 2.00 bits per heavy atom. The van der Waals surface area contributed by atoms with E-state index in [-0.39, 0.29) is 12.5 Å². The van der Waals surface area contributed by atoms with Crippen LogP contribution in [0.3, 0.4) is 0 Å². The van der Waals surface area contributed by atoms with E-state index in [1.54, 1.807) is 14.2 Å². The third-order valence-corrected chi connectivity index (χ3v) is 3.75. The van der Waals surface area contributed by atoms with Gasteiger partial charge in [-0.15, -0.1) is 0 Å². The number of rotatable bonds is 6. The summed E-state index contributed by atoms with van der Waals surface area (Å²) >= 11 is 0. The number of hydrogen-bond acceptors (Lipinski definition) is 4. The van der Waals surface area contributed by atoms with Crippen LogP contribution in [0.4, 0.5) is 0 Å². The first-order chi connectivity index (χ1) is 9.65. The van der Waals surface area contributed by atoms with Crippen LogP contribution in [-0.4, -0.2) is 43.3 Å². The van der Waals surface area contributed by atoms with Gasteiger partial charge in [-0.3, -0.25) is 9.69 Å². The van der Waals surface area contributed by atoms with Crippen molar-refractivity contribution in [1.82, 2.24) is 4.90 Å². The topological polar surface area (TPSA) is 59.0 Å². The molecule has 5 heteroatoms. The monoisotopic (exact) mass is 279 g/mol. The van der Waals surface area contributed by atoms with Gasteiger partial charge in [-0.05, 0) is 44.1 Å². The average molecular weight is 279 g/mol. The number of hydrogen-bond donors (Lipinski definition) is 1. The number of aliphatic carboxylic acids is 1. The molecule has 0 radical (unpaired) electrons. The second-order valence-corrected chi connectivity index (χ2v) is 4.96. The molecule has 1 unspecified atom stereocenters. The first-order valence-corrected chi connectivity index (χ1v) is 6.83. The minimum atomic E-state index is -0.799. The van der Waals surface area contributed by atoms with Crippen molar-refractivity contribution in [1.29, 1.82) is 0 Å².